The molecule has 0 aliphatic heterocycles. The van der Waals surface area contributed by atoms with Crippen LogP contribution < -0.4 is 19.5 Å². The maximum atomic E-state index is 12.3. The van der Waals surface area contributed by atoms with E-state index in [1.807, 2.05) is 0 Å². The monoisotopic (exact) mass is 423 g/mol. The third kappa shape index (κ3) is 3.79. The standard InChI is InChI=1S/C13H15Cl2N5O5S/c1-24-12-13(25-2)18-10-7(17-12)4-6(14)9(15)11(10)20(26(3,22)23)5-8(16)19-21/h4,21H,5H2,1-3H3,(H2,16,19). The van der Waals surface area contributed by atoms with Crippen LogP contribution in [0.15, 0.2) is 11.2 Å². The van der Waals surface area contributed by atoms with E-state index < -0.39 is 16.6 Å². The van der Waals surface area contributed by atoms with Crippen LogP contribution in [0, 0.1) is 0 Å². The molecular formula is C13H15Cl2N5O5S. The summed E-state index contributed by atoms with van der Waals surface area (Å²) in [6.45, 7) is -0.486. The number of aromatic nitrogens is 2. The van der Waals surface area contributed by atoms with Crippen LogP contribution in [0.1, 0.15) is 0 Å². The zero-order valence-electron chi connectivity index (χ0n) is 13.9. The summed E-state index contributed by atoms with van der Waals surface area (Å²) in [5.41, 5.74) is 5.68. The number of amidine groups is 1. The molecule has 0 aliphatic rings. The number of nitrogens with zero attached hydrogens (tertiary/aromatic N) is 4. The molecule has 0 fully saturated rings. The summed E-state index contributed by atoms with van der Waals surface area (Å²) in [6, 6.07) is 1.40. The highest BCUT2D eigenvalue weighted by molar-refractivity contribution is 7.92. The van der Waals surface area contributed by atoms with Crippen molar-refractivity contribution in [3.8, 4) is 11.8 Å². The Balaban J connectivity index is 2.91. The molecular weight excluding hydrogens is 409 g/mol. The molecule has 0 aliphatic carbocycles. The van der Waals surface area contributed by atoms with Crippen LogP contribution >= 0.6 is 23.2 Å². The van der Waals surface area contributed by atoms with Crippen molar-refractivity contribution in [3.05, 3.63) is 16.1 Å². The van der Waals surface area contributed by atoms with Crippen molar-refractivity contribution in [3.63, 3.8) is 0 Å². The Bertz CT molecular complexity index is 983. The predicted octanol–water partition coefficient (Wildman–Crippen LogP) is 1.47. The van der Waals surface area contributed by atoms with Gasteiger partial charge in [-0.05, 0) is 6.07 Å². The molecule has 0 saturated carbocycles. The largest absolute Gasteiger partial charge is 0.477 e. The van der Waals surface area contributed by atoms with Gasteiger partial charge in [0.1, 0.15) is 11.2 Å². The number of oxime groups is 1. The van der Waals surface area contributed by atoms with E-state index in [2.05, 4.69) is 15.1 Å². The third-order valence-corrected chi connectivity index (χ3v) is 5.13. The molecule has 0 unspecified atom stereocenters. The molecule has 2 aromatic rings. The van der Waals surface area contributed by atoms with Gasteiger partial charge in [-0.2, -0.15) is 0 Å². The molecule has 0 bridgehead atoms. The fourth-order valence-electron chi connectivity index (χ4n) is 2.13. The smallest absolute Gasteiger partial charge is 0.278 e. The predicted molar refractivity (Wildman–Crippen MR) is 98.3 cm³/mol. The van der Waals surface area contributed by atoms with Crippen molar-refractivity contribution in [2.24, 2.45) is 10.9 Å². The number of rotatable bonds is 6. The lowest BCUT2D eigenvalue weighted by Crippen LogP contribution is -2.38. The molecule has 26 heavy (non-hydrogen) atoms. The average molecular weight is 424 g/mol. The molecule has 10 nitrogen and oxygen atoms in total. The Morgan fingerprint density at radius 2 is 1.88 bits per heavy atom. The van der Waals surface area contributed by atoms with Crippen LogP contribution in [-0.4, -0.2) is 56.4 Å². The second-order valence-corrected chi connectivity index (χ2v) is 7.68. The van der Waals surface area contributed by atoms with Gasteiger partial charge in [0.25, 0.3) is 11.8 Å². The second-order valence-electron chi connectivity index (χ2n) is 4.99. The van der Waals surface area contributed by atoms with Gasteiger partial charge in [-0.15, -0.1) is 0 Å². The first-order valence-corrected chi connectivity index (χ1v) is 9.46. The Morgan fingerprint density at radius 3 is 2.38 bits per heavy atom. The first-order valence-electron chi connectivity index (χ1n) is 6.85. The number of benzene rings is 1. The summed E-state index contributed by atoms with van der Waals surface area (Å²) in [5, 5.41) is 11.5. The van der Waals surface area contributed by atoms with Gasteiger partial charge in [-0.3, -0.25) is 4.31 Å². The van der Waals surface area contributed by atoms with Gasteiger partial charge in [-0.1, -0.05) is 28.4 Å². The highest BCUT2D eigenvalue weighted by Gasteiger charge is 2.28. The molecule has 1 aromatic carbocycles. The highest BCUT2D eigenvalue weighted by atomic mass is 35.5. The Hall–Kier alpha value is -2.24. The maximum absolute atomic E-state index is 12.3. The lowest BCUT2D eigenvalue weighted by Gasteiger charge is -2.24. The number of nitrogens with two attached hydrogens (primary N) is 1. The van der Waals surface area contributed by atoms with Gasteiger partial charge in [0.05, 0.1) is 42.6 Å². The topological polar surface area (TPSA) is 140 Å². The summed E-state index contributed by atoms with van der Waals surface area (Å²) in [4.78, 5) is 8.44. The quantitative estimate of drug-likeness (QED) is 0.307. The molecule has 0 saturated heterocycles. The van der Waals surface area contributed by atoms with E-state index in [0.29, 0.717) is 0 Å². The number of sulfonamides is 1. The Labute approximate surface area is 159 Å². The van der Waals surface area contributed by atoms with E-state index in [1.165, 1.54) is 20.3 Å². The van der Waals surface area contributed by atoms with Gasteiger partial charge >= 0.3 is 0 Å². The minimum atomic E-state index is -3.91. The molecule has 0 radical (unpaired) electrons. The minimum absolute atomic E-state index is 0.0110. The number of ether oxygens (including phenoxy) is 2. The van der Waals surface area contributed by atoms with Crippen LogP contribution in [0.5, 0.6) is 11.8 Å². The lowest BCUT2D eigenvalue weighted by molar-refractivity contribution is 0.317. The summed E-state index contributed by atoms with van der Waals surface area (Å²) in [5.74, 6) is -0.281. The molecule has 142 valence electrons. The van der Waals surface area contributed by atoms with Gasteiger partial charge in [0, 0.05) is 0 Å². The molecule has 13 heteroatoms. The van der Waals surface area contributed by atoms with Gasteiger partial charge in [0.15, 0.2) is 5.84 Å². The zero-order valence-corrected chi connectivity index (χ0v) is 16.2. The molecule has 0 spiro atoms. The number of methoxy groups -OCH3 is 2. The summed E-state index contributed by atoms with van der Waals surface area (Å²) < 4.78 is 35.6. The molecule has 0 atom stereocenters. The van der Waals surface area contributed by atoms with Crippen molar-refractivity contribution in [1.29, 1.82) is 0 Å². The fraction of sp³-hybridized carbons (Fsp3) is 0.308. The fourth-order valence-corrected chi connectivity index (χ4v) is 3.49. The molecule has 2 rings (SSSR count). The first kappa shape index (κ1) is 20.1. The van der Waals surface area contributed by atoms with Gasteiger partial charge < -0.3 is 20.4 Å². The molecule has 0 amide bonds. The summed E-state index contributed by atoms with van der Waals surface area (Å²) >= 11 is 12.4. The average Bonchev–Trinajstić information content (AvgIpc) is 2.59. The van der Waals surface area contributed by atoms with E-state index in [-0.39, 0.29) is 44.4 Å². The normalized spacial score (nSPS) is 12.3. The van der Waals surface area contributed by atoms with Gasteiger partial charge in [0.2, 0.25) is 10.0 Å². The summed E-state index contributed by atoms with van der Waals surface area (Å²) in [7, 11) is -1.19. The number of hydrogen-bond acceptors (Lipinski definition) is 8. The van der Waals surface area contributed by atoms with Gasteiger partial charge in [-0.25, -0.2) is 18.4 Å². The van der Waals surface area contributed by atoms with Crippen molar-refractivity contribution in [2.75, 3.05) is 31.3 Å². The Morgan fingerprint density at radius 1 is 1.31 bits per heavy atom. The van der Waals surface area contributed by atoms with Crippen LogP contribution in [0.25, 0.3) is 11.0 Å². The third-order valence-electron chi connectivity index (χ3n) is 3.24. The van der Waals surface area contributed by atoms with Crippen LogP contribution in [0.2, 0.25) is 10.0 Å². The van der Waals surface area contributed by atoms with Crippen LogP contribution in [-0.2, 0) is 10.0 Å². The molecule has 1 heterocycles. The van der Waals surface area contributed by atoms with E-state index in [0.717, 1.165) is 10.6 Å². The minimum Gasteiger partial charge on any atom is -0.477 e. The number of anilines is 1. The number of hydrogen-bond donors (Lipinski definition) is 2. The van der Waals surface area contributed by atoms with E-state index in [1.54, 1.807) is 0 Å². The van der Waals surface area contributed by atoms with E-state index >= 15 is 0 Å². The highest BCUT2D eigenvalue weighted by Crippen LogP contribution is 2.41. The van der Waals surface area contributed by atoms with Crippen molar-refractivity contribution in [1.82, 2.24) is 9.97 Å². The second kappa shape index (κ2) is 7.56. The molecule has 3 N–H and O–H groups in total. The maximum Gasteiger partial charge on any atom is 0.278 e. The Kier molecular flexibility index (Phi) is 5.84. The van der Waals surface area contributed by atoms with E-state index in [4.69, 9.17) is 43.6 Å². The zero-order chi connectivity index (χ0) is 19.6. The molecule has 1 aromatic heterocycles. The SMILES string of the molecule is COc1nc2cc(Cl)c(Cl)c(N(C/C(N)=N\O)S(C)(=O)=O)c2nc1OC. The summed E-state index contributed by atoms with van der Waals surface area (Å²) in [6.07, 6.45) is 0.926. The van der Waals surface area contributed by atoms with Crippen molar-refractivity contribution < 1.29 is 23.1 Å². The first-order chi connectivity index (χ1) is 12.1. The number of fused-ring (bicyclic) bond motifs is 1. The van der Waals surface area contributed by atoms with Crippen LogP contribution in [0.4, 0.5) is 5.69 Å². The van der Waals surface area contributed by atoms with E-state index in [9.17, 15) is 8.42 Å². The van der Waals surface area contributed by atoms with Crippen molar-refractivity contribution in [2.45, 2.75) is 0 Å². The lowest BCUT2D eigenvalue weighted by atomic mass is 10.2. The number of halogens is 2. The van der Waals surface area contributed by atoms with Crippen LogP contribution in [0.3, 0.4) is 0 Å². The van der Waals surface area contributed by atoms with Crippen molar-refractivity contribution >= 4 is 55.8 Å².